The predicted molar refractivity (Wildman–Crippen MR) is 46.8 cm³/mol. The van der Waals surface area contributed by atoms with Gasteiger partial charge in [0.2, 0.25) is 0 Å². The van der Waals surface area contributed by atoms with E-state index in [2.05, 4.69) is 5.32 Å². The van der Waals surface area contributed by atoms with Crippen molar-refractivity contribution in [1.29, 1.82) is 0 Å². The average molecular weight is 199 g/mol. The fraction of sp³-hybridized carbons (Fsp3) is 0.778. The molecular weight excluding hydrogens is 186 g/mol. The van der Waals surface area contributed by atoms with Crippen molar-refractivity contribution in [3.63, 3.8) is 0 Å². The Labute approximate surface area is 81.4 Å². The highest BCUT2D eigenvalue weighted by Crippen LogP contribution is 2.49. The Morgan fingerprint density at radius 2 is 2.14 bits per heavy atom. The Balaban J connectivity index is 2.13. The number of rotatable bonds is 1. The molecule has 0 atom stereocenters. The molecule has 0 radical (unpaired) electrons. The number of carboxylic acids is 1. The van der Waals surface area contributed by atoms with Gasteiger partial charge in [0.15, 0.2) is 0 Å². The summed E-state index contributed by atoms with van der Waals surface area (Å²) >= 11 is 0. The number of nitrogens with one attached hydrogen (secondary N) is 1. The first-order chi connectivity index (χ1) is 6.36. The van der Waals surface area contributed by atoms with Crippen LogP contribution < -0.4 is 5.32 Å². The third-order valence-corrected chi connectivity index (χ3v) is 3.38. The monoisotopic (exact) mass is 199 g/mol. The second-order valence-electron chi connectivity index (χ2n) is 4.55. The molecule has 0 aromatic carbocycles. The van der Waals surface area contributed by atoms with Gasteiger partial charge >= 0.3 is 12.1 Å². The lowest BCUT2D eigenvalue weighted by Crippen LogP contribution is -2.63. The molecular formula is C9H13NO4. The van der Waals surface area contributed by atoms with Crippen molar-refractivity contribution in [2.24, 2.45) is 5.92 Å². The van der Waals surface area contributed by atoms with E-state index in [1.54, 1.807) is 0 Å². The molecule has 14 heavy (non-hydrogen) atoms. The Bertz CT molecular complexity index is 304. The summed E-state index contributed by atoms with van der Waals surface area (Å²) in [6.07, 6.45) is 0.473. The van der Waals surface area contributed by atoms with Crippen molar-refractivity contribution < 1.29 is 19.4 Å². The summed E-state index contributed by atoms with van der Waals surface area (Å²) in [6.45, 7) is 3.62. The van der Waals surface area contributed by atoms with Gasteiger partial charge in [0.05, 0.1) is 11.5 Å². The normalized spacial score (nSPS) is 38.7. The lowest BCUT2D eigenvalue weighted by atomic mass is 9.61. The Hall–Kier alpha value is -1.26. The van der Waals surface area contributed by atoms with E-state index in [1.165, 1.54) is 0 Å². The molecule has 1 amide bonds. The second kappa shape index (κ2) is 2.40. The van der Waals surface area contributed by atoms with E-state index in [0.717, 1.165) is 0 Å². The molecule has 2 fully saturated rings. The smallest absolute Gasteiger partial charge is 0.408 e. The van der Waals surface area contributed by atoms with Crippen LogP contribution in [0.1, 0.15) is 26.7 Å². The van der Waals surface area contributed by atoms with Gasteiger partial charge in [-0.1, -0.05) is 0 Å². The fourth-order valence-corrected chi connectivity index (χ4v) is 2.25. The van der Waals surface area contributed by atoms with Crippen LogP contribution in [0, 0.1) is 5.92 Å². The van der Waals surface area contributed by atoms with Crippen LogP contribution in [0.25, 0.3) is 0 Å². The Morgan fingerprint density at radius 3 is 2.50 bits per heavy atom. The van der Waals surface area contributed by atoms with Crippen molar-refractivity contribution in [2.75, 3.05) is 0 Å². The van der Waals surface area contributed by atoms with Crippen LogP contribution in [-0.4, -0.2) is 28.3 Å². The molecule has 2 rings (SSSR count). The zero-order chi connectivity index (χ0) is 10.6. The molecule has 1 aliphatic carbocycles. The first-order valence-electron chi connectivity index (χ1n) is 4.60. The molecule has 5 nitrogen and oxygen atoms in total. The number of carbonyl (C=O) groups excluding carboxylic acids is 1. The number of cyclic esters (lactones) is 1. The topological polar surface area (TPSA) is 75.6 Å². The van der Waals surface area contributed by atoms with Gasteiger partial charge in [-0.05, 0) is 26.7 Å². The molecule has 0 unspecified atom stereocenters. The number of amides is 1. The van der Waals surface area contributed by atoms with Crippen LogP contribution in [0.15, 0.2) is 0 Å². The molecule has 0 bridgehead atoms. The third kappa shape index (κ3) is 1.01. The van der Waals surface area contributed by atoms with E-state index in [-0.39, 0.29) is 5.92 Å². The molecule has 78 valence electrons. The average Bonchev–Trinajstić information content (AvgIpc) is 2.15. The summed E-state index contributed by atoms with van der Waals surface area (Å²) in [5.74, 6) is -1.15. The van der Waals surface area contributed by atoms with E-state index in [0.29, 0.717) is 12.8 Å². The van der Waals surface area contributed by atoms with Crippen LogP contribution in [0.4, 0.5) is 4.79 Å². The minimum atomic E-state index is -0.799. The first kappa shape index (κ1) is 9.30. The van der Waals surface area contributed by atoms with Gasteiger partial charge in [0, 0.05) is 0 Å². The van der Waals surface area contributed by atoms with Crippen molar-refractivity contribution >= 4 is 12.1 Å². The maximum absolute atomic E-state index is 11.1. The van der Waals surface area contributed by atoms with Crippen molar-refractivity contribution in [3.05, 3.63) is 0 Å². The molecule has 5 heteroatoms. The first-order valence-corrected chi connectivity index (χ1v) is 4.60. The van der Waals surface area contributed by atoms with E-state index in [9.17, 15) is 9.59 Å². The third-order valence-electron chi connectivity index (χ3n) is 3.38. The van der Waals surface area contributed by atoms with Gasteiger partial charge < -0.3 is 15.2 Å². The van der Waals surface area contributed by atoms with Gasteiger partial charge in [0.25, 0.3) is 0 Å². The summed E-state index contributed by atoms with van der Waals surface area (Å²) in [6, 6.07) is 0. The SMILES string of the molecule is CC1(C)OC(=O)N[C@]12C[C@@H](C(=O)O)C2. The Morgan fingerprint density at radius 1 is 1.57 bits per heavy atom. The summed E-state index contributed by atoms with van der Waals surface area (Å²) in [4.78, 5) is 21.7. The number of aliphatic carboxylic acids is 1. The Kier molecular flexibility index (Phi) is 1.60. The van der Waals surface area contributed by atoms with Gasteiger partial charge in [-0.2, -0.15) is 0 Å². The molecule has 1 saturated carbocycles. The van der Waals surface area contributed by atoms with Gasteiger partial charge in [-0.25, -0.2) is 4.79 Å². The number of ether oxygens (including phenoxy) is 1. The second-order valence-corrected chi connectivity index (χ2v) is 4.55. The van der Waals surface area contributed by atoms with Crippen molar-refractivity contribution in [1.82, 2.24) is 5.32 Å². The highest BCUT2D eigenvalue weighted by molar-refractivity contribution is 5.76. The molecule has 1 aliphatic heterocycles. The maximum Gasteiger partial charge on any atom is 0.408 e. The lowest BCUT2D eigenvalue weighted by Gasteiger charge is -2.48. The largest absolute Gasteiger partial charge is 0.481 e. The van der Waals surface area contributed by atoms with Gasteiger partial charge in [-0.3, -0.25) is 4.79 Å². The number of hydrogen-bond donors (Lipinski definition) is 2. The van der Waals surface area contributed by atoms with Crippen LogP contribution in [0.3, 0.4) is 0 Å². The van der Waals surface area contributed by atoms with Crippen LogP contribution in [-0.2, 0) is 9.53 Å². The zero-order valence-corrected chi connectivity index (χ0v) is 8.16. The molecule has 0 aromatic rings. The predicted octanol–water partition coefficient (Wildman–Crippen LogP) is 0.738. The van der Waals surface area contributed by atoms with Gasteiger partial charge in [0.1, 0.15) is 5.60 Å². The van der Waals surface area contributed by atoms with Crippen LogP contribution >= 0.6 is 0 Å². The lowest BCUT2D eigenvalue weighted by molar-refractivity contribution is -0.150. The van der Waals surface area contributed by atoms with Crippen molar-refractivity contribution in [2.45, 2.75) is 37.8 Å². The highest BCUT2D eigenvalue weighted by atomic mass is 16.6. The van der Waals surface area contributed by atoms with Gasteiger partial charge in [-0.15, -0.1) is 0 Å². The molecule has 2 N–H and O–H groups in total. The van der Waals surface area contributed by atoms with E-state index < -0.39 is 23.2 Å². The standard InChI is InChI=1S/C9H13NO4/c1-8(2)9(10-7(13)14-8)3-5(4-9)6(11)12/h5H,3-4H2,1-2H3,(H,10,13)(H,11,12)/t5-,9+. The number of carbonyl (C=O) groups is 2. The molecule has 2 aliphatic rings. The summed E-state index contributed by atoms with van der Waals surface area (Å²) in [7, 11) is 0. The highest BCUT2D eigenvalue weighted by Gasteiger charge is 2.63. The summed E-state index contributed by atoms with van der Waals surface area (Å²) < 4.78 is 5.09. The summed E-state index contributed by atoms with van der Waals surface area (Å²) in [5.41, 5.74) is -1.07. The fourth-order valence-electron chi connectivity index (χ4n) is 2.25. The molecule has 1 heterocycles. The van der Waals surface area contributed by atoms with Crippen LogP contribution in [0.5, 0.6) is 0 Å². The van der Waals surface area contributed by atoms with Crippen LogP contribution in [0.2, 0.25) is 0 Å². The summed E-state index contributed by atoms with van der Waals surface area (Å²) in [5, 5.41) is 11.5. The molecule has 1 saturated heterocycles. The number of alkyl carbamates (subject to hydrolysis) is 1. The van der Waals surface area contributed by atoms with E-state index in [1.807, 2.05) is 13.8 Å². The van der Waals surface area contributed by atoms with E-state index >= 15 is 0 Å². The van der Waals surface area contributed by atoms with Crippen molar-refractivity contribution in [3.8, 4) is 0 Å². The molecule has 1 spiro atoms. The minimum absolute atomic E-state index is 0.351. The number of carboxylic acid groups (broad SMARTS) is 1. The molecule has 0 aromatic heterocycles. The number of hydrogen-bond acceptors (Lipinski definition) is 3. The van der Waals surface area contributed by atoms with E-state index in [4.69, 9.17) is 9.84 Å². The maximum atomic E-state index is 11.1. The zero-order valence-electron chi connectivity index (χ0n) is 8.16. The quantitative estimate of drug-likeness (QED) is 0.653. The minimum Gasteiger partial charge on any atom is -0.481 e.